The molecule has 5 nitrogen and oxygen atoms in total. The highest BCUT2D eigenvalue weighted by molar-refractivity contribution is 5.78. The van der Waals surface area contributed by atoms with E-state index in [2.05, 4.69) is 0 Å². The average Bonchev–Trinajstić information content (AvgIpc) is 2.35. The second kappa shape index (κ2) is 6.48. The molecule has 2 N–H and O–H groups in total. The molecule has 16 heavy (non-hydrogen) atoms. The Labute approximate surface area is 96.6 Å². The average molecular weight is 227 g/mol. The van der Waals surface area contributed by atoms with E-state index >= 15 is 0 Å². The maximum absolute atomic E-state index is 11.7. The van der Waals surface area contributed by atoms with Gasteiger partial charge in [-0.25, -0.2) is 0 Å². The molecule has 0 saturated carbocycles. The van der Waals surface area contributed by atoms with Crippen molar-refractivity contribution in [2.24, 2.45) is 5.73 Å². The summed E-state index contributed by atoms with van der Waals surface area (Å²) in [5.74, 6) is 0.336. The molecule has 1 aliphatic rings. The first-order valence-corrected chi connectivity index (χ1v) is 5.94. The summed E-state index contributed by atoms with van der Waals surface area (Å²) in [7, 11) is 0. The number of hydrogen-bond acceptors (Lipinski definition) is 3. The van der Waals surface area contributed by atoms with Gasteiger partial charge in [0.1, 0.15) is 0 Å². The molecular formula is C11H21N3O2. The molecule has 1 saturated heterocycles. The molecule has 5 heteroatoms. The van der Waals surface area contributed by atoms with E-state index < -0.39 is 0 Å². The van der Waals surface area contributed by atoms with Gasteiger partial charge in [0.2, 0.25) is 11.8 Å². The summed E-state index contributed by atoms with van der Waals surface area (Å²) in [5, 5.41) is 0. The fourth-order valence-electron chi connectivity index (χ4n) is 1.84. The van der Waals surface area contributed by atoms with Gasteiger partial charge in [-0.15, -0.1) is 0 Å². The van der Waals surface area contributed by atoms with Crippen molar-refractivity contribution in [3.8, 4) is 0 Å². The third kappa shape index (κ3) is 3.48. The standard InChI is InChI=1S/C11H21N3O2/c1-2-10(15)13-6-8-14(9-7-13)11(16)4-3-5-12/h2-9,12H2,1H3. The maximum Gasteiger partial charge on any atom is 0.222 e. The first-order chi connectivity index (χ1) is 7.69. The fourth-order valence-corrected chi connectivity index (χ4v) is 1.84. The van der Waals surface area contributed by atoms with E-state index in [1.807, 2.05) is 16.7 Å². The molecular weight excluding hydrogens is 206 g/mol. The Morgan fingerprint density at radius 3 is 2.00 bits per heavy atom. The van der Waals surface area contributed by atoms with Gasteiger partial charge in [-0.3, -0.25) is 9.59 Å². The van der Waals surface area contributed by atoms with Gasteiger partial charge in [-0.1, -0.05) is 6.92 Å². The predicted octanol–water partition coefficient (Wildman–Crippen LogP) is -0.194. The second-order valence-electron chi connectivity index (χ2n) is 4.01. The summed E-state index contributed by atoms with van der Waals surface area (Å²) in [6, 6.07) is 0. The van der Waals surface area contributed by atoms with Gasteiger partial charge in [-0.05, 0) is 13.0 Å². The van der Waals surface area contributed by atoms with Crippen LogP contribution in [0.3, 0.4) is 0 Å². The Morgan fingerprint density at radius 2 is 1.56 bits per heavy atom. The molecule has 0 spiro atoms. The minimum absolute atomic E-state index is 0.161. The maximum atomic E-state index is 11.7. The van der Waals surface area contributed by atoms with Crippen LogP contribution in [0.1, 0.15) is 26.2 Å². The quantitative estimate of drug-likeness (QED) is 0.723. The van der Waals surface area contributed by atoms with Crippen LogP contribution in [-0.2, 0) is 9.59 Å². The number of nitrogens with zero attached hydrogens (tertiary/aromatic N) is 2. The van der Waals surface area contributed by atoms with Crippen LogP contribution in [0.25, 0.3) is 0 Å². The zero-order valence-corrected chi connectivity index (χ0v) is 9.95. The first kappa shape index (κ1) is 13.0. The molecule has 0 aromatic rings. The highest BCUT2D eigenvalue weighted by atomic mass is 16.2. The number of hydrogen-bond donors (Lipinski definition) is 1. The SMILES string of the molecule is CCC(=O)N1CCN(C(=O)CCCN)CC1. The second-order valence-corrected chi connectivity index (χ2v) is 4.01. The summed E-state index contributed by atoms with van der Waals surface area (Å²) in [6.45, 7) is 5.08. The Bertz CT molecular complexity index is 248. The summed E-state index contributed by atoms with van der Waals surface area (Å²) in [4.78, 5) is 26.7. The Hall–Kier alpha value is -1.10. The fraction of sp³-hybridized carbons (Fsp3) is 0.818. The van der Waals surface area contributed by atoms with E-state index in [1.165, 1.54) is 0 Å². The lowest BCUT2D eigenvalue weighted by atomic mass is 10.2. The molecule has 1 fully saturated rings. The lowest BCUT2D eigenvalue weighted by molar-refractivity contribution is -0.139. The zero-order chi connectivity index (χ0) is 12.0. The number of carbonyl (C=O) groups is 2. The van der Waals surface area contributed by atoms with E-state index in [4.69, 9.17) is 5.73 Å². The van der Waals surface area contributed by atoms with E-state index in [9.17, 15) is 9.59 Å². The summed E-state index contributed by atoms with van der Waals surface area (Å²) >= 11 is 0. The van der Waals surface area contributed by atoms with Crippen molar-refractivity contribution < 1.29 is 9.59 Å². The Morgan fingerprint density at radius 1 is 1.06 bits per heavy atom. The van der Waals surface area contributed by atoms with Crippen LogP contribution >= 0.6 is 0 Å². The zero-order valence-electron chi connectivity index (χ0n) is 9.95. The Kier molecular flexibility index (Phi) is 5.25. The van der Waals surface area contributed by atoms with Crippen LogP contribution in [-0.4, -0.2) is 54.3 Å². The van der Waals surface area contributed by atoms with Crippen molar-refractivity contribution in [1.29, 1.82) is 0 Å². The van der Waals surface area contributed by atoms with Crippen molar-refractivity contribution in [1.82, 2.24) is 9.80 Å². The number of carbonyl (C=O) groups excluding carboxylic acids is 2. The van der Waals surface area contributed by atoms with Crippen molar-refractivity contribution in [2.45, 2.75) is 26.2 Å². The van der Waals surface area contributed by atoms with Gasteiger partial charge in [0.25, 0.3) is 0 Å². The third-order valence-electron chi connectivity index (χ3n) is 2.88. The van der Waals surface area contributed by atoms with Gasteiger partial charge >= 0.3 is 0 Å². The van der Waals surface area contributed by atoms with Crippen molar-refractivity contribution >= 4 is 11.8 Å². The van der Waals surface area contributed by atoms with E-state index in [0.717, 1.165) is 6.42 Å². The summed E-state index contributed by atoms with van der Waals surface area (Å²) < 4.78 is 0. The molecule has 0 unspecified atom stereocenters. The molecule has 1 rings (SSSR count). The van der Waals surface area contributed by atoms with Gasteiger partial charge in [0, 0.05) is 39.0 Å². The van der Waals surface area contributed by atoms with Crippen LogP contribution in [0.5, 0.6) is 0 Å². The number of nitrogens with two attached hydrogens (primary N) is 1. The van der Waals surface area contributed by atoms with Gasteiger partial charge in [0.15, 0.2) is 0 Å². The largest absolute Gasteiger partial charge is 0.339 e. The Balaban J connectivity index is 2.31. The van der Waals surface area contributed by atoms with Gasteiger partial charge < -0.3 is 15.5 Å². The minimum Gasteiger partial charge on any atom is -0.339 e. The molecule has 1 heterocycles. The topological polar surface area (TPSA) is 66.6 Å². The van der Waals surface area contributed by atoms with Crippen LogP contribution in [0, 0.1) is 0 Å². The molecule has 0 radical (unpaired) electrons. The molecule has 0 aromatic carbocycles. The van der Waals surface area contributed by atoms with Crippen molar-refractivity contribution in [2.75, 3.05) is 32.7 Å². The third-order valence-corrected chi connectivity index (χ3v) is 2.88. The number of piperazine rings is 1. The van der Waals surface area contributed by atoms with E-state index in [1.54, 1.807) is 0 Å². The number of amides is 2. The van der Waals surface area contributed by atoms with Crippen LogP contribution < -0.4 is 5.73 Å². The first-order valence-electron chi connectivity index (χ1n) is 5.94. The van der Waals surface area contributed by atoms with Crippen LogP contribution in [0.2, 0.25) is 0 Å². The van der Waals surface area contributed by atoms with Crippen LogP contribution in [0.15, 0.2) is 0 Å². The van der Waals surface area contributed by atoms with Gasteiger partial charge in [0.05, 0.1) is 0 Å². The molecule has 0 bridgehead atoms. The van der Waals surface area contributed by atoms with Gasteiger partial charge in [-0.2, -0.15) is 0 Å². The molecule has 2 amide bonds. The summed E-state index contributed by atoms with van der Waals surface area (Å²) in [6.07, 6.45) is 1.81. The minimum atomic E-state index is 0.161. The molecule has 0 aromatic heterocycles. The van der Waals surface area contributed by atoms with E-state index in [0.29, 0.717) is 45.6 Å². The smallest absolute Gasteiger partial charge is 0.222 e. The lowest BCUT2D eigenvalue weighted by Gasteiger charge is -2.34. The van der Waals surface area contributed by atoms with Crippen molar-refractivity contribution in [3.63, 3.8) is 0 Å². The van der Waals surface area contributed by atoms with Crippen LogP contribution in [0.4, 0.5) is 0 Å². The normalized spacial score (nSPS) is 16.4. The molecule has 1 aliphatic heterocycles. The molecule has 92 valence electrons. The number of rotatable bonds is 4. The lowest BCUT2D eigenvalue weighted by Crippen LogP contribution is -2.50. The monoisotopic (exact) mass is 227 g/mol. The highest BCUT2D eigenvalue weighted by Crippen LogP contribution is 2.06. The highest BCUT2D eigenvalue weighted by Gasteiger charge is 2.22. The van der Waals surface area contributed by atoms with Crippen molar-refractivity contribution in [3.05, 3.63) is 0 Å². The molecule has 0 aliphatic carbocycles. The predicted molar refractivity (Wildman–Crippen MR) is 61.7 cm³/mol. The molecule has 0 atom stereocenters. The van der Waals surface area contributed by atoms with E-state index in [-0.39, 0.29) is 11.8 Å². The summed E-state index contributed by atoms with van der Waals surface area (Å²) in [5.41, 5.74) is 5.36.